The fourth-order valence-electron chi connectivity index (χ4n) is 4.14. The van der Waals surface area contributed by atoms with Gasteiger partial charge < -0.3 is 14.7 Å². The largest absolute Gasteiger partial charge is 0.449 e. The SMILES string of the molecule is Cn1ccc2c(=O)c(-c3ccc(C4(N)CCC4)cc3)c(-c3ccccc3)oc2c1=O. The predicted molar refractivity (Wildman–Crippen MR) is 118 cm³/mol. The van der Waals surface area contributed by atoms with Crippen LogP contribution in [0, 0.1) is 0 Å². The number of nitrogens with two attached hydrogens (primary N) is 1. The fourth-order valence-corrected chi connectivity index (χ4v) is 4.14. The Kier molecular flexibility index (Phi) is 4.22. The number of hydrogen-bond donors (Lipinski definition) is 1. The van der Waals surface area contributed by atoms with Gasteiger partial charge >= 0.3 is 0 Å². The molecule has 0 spiro atoms. The first kappa shape index (κ1) is 18.6. The van der Waals surface area contributed by atoms with Crippen molar-refractivity contribution in [3.8, 4) is 22.5 Å². The third kappa shape index (κ3) is 2.82. The molecule has 0 atom stereocenters. The van der Waals surface area contributed by atoms with E-state index in [1.807, 2.05) is 54.6 Å². The molecule has 1 aliphatic rings. The van der Waals surface area contributed by atoms with Crippen molar-refractivity contribution in [2.24, 2.45) is 12.8 Å². The van der Waals surface area contributed by atoms with Crippen molar-refractivity contribution in [1.29, 1.82) is 0 Å². The van der Waals surface area contributed by atoms with Crippen LogP contribution in [0.25, 0.3) is 33.4 Å². The highest BCUT2D eigenvalue weighted by Gasteiger charge is 2.34. The molecule has 2 aromatic heterocycles. The number of nitrogens with zero attached hydrogens (tertiary/aromatic N) is 1. The van der Waals surface area contributed by atoms with Gasteiger partial charge in [0.25, 0.3) is 5.56 Å². The average molecular weight is 398 g/mol. The Labute approximate surface area is 173 Å². The predicted octanol–water partition coefficient (Wildman–Crippen LogP) is 4.16. The van der Waals surface area contributed by atoms with Crippen molar-refractivity contribution >= 4 is 11.0 Å². The molecular weight excluding hydrogens is 376 g/mol. The van der Waals surface area contributed by atoms with E-state index in [0.29, 0.717) is 11.3 Å². The van der Waals surface area contributed by atoms with Crippen molar-refractivity contribution in [3.63, 3.8) is 0 Å². The van der Waals surface area contributed by atoms with Gasteiger partial charge in [0.05, 0.1) is 10.9 Å². The Bertz CT molecular complexity index is 1360. The molecule has 2 heterocycles. The van der Waals surface area contributed by atoms with Crippen molar-refractivity contribution in [2.75, 3.05) is 0 Å². The quantitative estimate of drug-likeness (QED) is 0.562. The summed E-state index contributed by atoms with van der Waals surface area (Å²) in [6.45, 7) is 0. The van der Waals surface area contributed by atoms with E-state index in [9.17, 15) is 9.59 Å². The van der Waals surface area contributed by atoms with Gasteiger partial charge in [0.15, 0.2) is 0 Å². The monoisotopic (exact) mass is 398 g/mol. The summed E-state index contributed by atoms with van der Waals surface area (Å²) < 4.78 is 7.51. The second-order valence-electron chi connectivity index (χ2n) is 8.06. The van der Waals surface area contributed by atoms with Crippen LogP contribution in [0.2, 0.25) is 0 Å². The highest BCUT2D eigenvalue weighted by molar-refractivity contribution is 5.88. The fraction of sp³-hybridized carbons (Fsp3) is 0.200. The number of pyridine rings is 1. The summed E-state index contributed by atoms with van der Waals surface area (Å²) in [4.78, 5) is 26.1. The summed E-state index contributed by atoms with van der Waals surface area (Å²) in [5, 5.41) is 0.283. The lowest BCUT2D eigenvalue weighted by Crippen LogP contribution is -2.43. The molecule has 0 bridgehead atoms. The summed E-state index contributed by atoms with van der Waals surface area (Å²) in [6, 6.07) is 18.9. The van der Waals surface area contributed by atoms with E-state index in [0.717, 1.165) is 36.0 Å². The standard InChI is InChI=1S/C25H22N2O3/c1-27-15-12-19-21(28)20(16-8-10-18(11-9-16)25(26)13-5-14-25)22(30-23(19)24(27)29)17-6-3-2-4-7-17/h2-4,6-12,15H,5,13-14,26H2,1H3. The minimum atomic E-state index is -0.335. The van der Waals surface area contributed by atoms with E-state index in [-0.39, 0.29) is 27.5 Å². The lowest BCUT2D eigenvalue weighted by Gasteiger charge is -2.38. The van der Waals surface area contributed by atoms with Crippen LogP contribution in [0.15, 0.2) is 80.9 Å². The lowest BCUT2D eigenvalue weighted by atomic mass is 9.72. The maximum absolute atomic E-state index is 13.5. The highest BCUT2D eigenvalue weighted by atomic mass is 16.3. The summed E-state index contributed by atoms with van der Waals surface area (Å²) in [5.41, 5.74) is 8.73. The normalized spacial score (nSPS) is 15.1. The van der Waals surface area contributed by atoms with Crippen LogP contribution in [-0.2, 0) is 12.6 Å². The van der Waals surface area contributed by atoms with Crippen LogP contribution >= 0.6 is 0 Å². The van der Waals surface area contributed by atoms with Crippen molar-refractivity contribution in [2.45, 2.75) is 24.8 Å². The van der Waals surface area contributed by atoms with Gasteiger partial charge in [-0.1, -0.05) is 54.6 Å². The number of hydrogen-bond acceptors (Lipinski definition) is 4. The van der Waals surface area contributed by atoms with Crippen LogP contribution in [0.1, 0.15) is 24.8 Å². The molecule has 30 heavy (non-hydrogen) atoms. The Morgan fingerprint density at radius 1 is 0.933 bits per heavy atom. The summed E-state index contributed by atoms with van der Waals surface area (Å²) in [5.74, 6) is 0.398. The molecule has 2 aromatic carbocycles. The van der Waals surface area contributed by atoms with E-state index in [4.69, 9.17) is 10.2 Å². The van der Waals surface area contributed by atoms with Gasteiger partial charge in [-0.2, -0.15) is 0 Å². The Morgan fingerprint density at radius 2 is 1.63 bits per heavy atom. The maximum Gasteiger partial charge on any atom is 0.294 e. The van der Waals surface area contributed by atoms with E-state index >= 15 is 0 Å². The zero-order valence-corrected chi connectivity index (χ0v) is 16.7. The van der Waals surface area contributed by atoms with Gasteiger partial charge in [0.2, 0.25) is 11.0 Å². The maximum atomic E-state index is 13.5. The molecule has 2 N–H and O–H groups in total. The topological polar surface area (TPSA) is 78.2 Å². The number of aromatic nitrogens is 1. The first-order valence-corrected chi connectivity index (χ1v) is 10.1. The van der Waals surface area contributed by atoms with Crippen LogP contribution in [-0.4, -0.2) is 4.57 Å². The first-order valence-electron chi connectivity index (χ1n) is 10.1. The van der Waals surface area contributed by atoms with Gasteiger partial charge in [-0.3, -0.25) is 9.59 Å². The summed E-state index contributed by atoms with van der Waals surface area (Å²) in [7, 11) is 1.64. The summed E-state index contributed by atoms with van der Waals surface area (Å²) in [6.07, 6.45) is 4.68. The van der Waals surface area contributed by atoms with Gasteiger partial charge in [-0.05, 0) is 36.5 Å². The zero-order chi connectivity index (χ0) is 20.9. The average Bonchev–Trinajstić information content (AvgIpc) is 2.75. The molecule has 0 saturated heterocycles. The zero-order valence-electron chi connectivity index (χ0n) is 16.7. The third-order valence-corrected chi connectivity index (χ3v) is 6.16. The van der Waals surface area contributed by atoms with Crippen molar-refractivity contribution < 1.29 is 4.42 Å². The van der Waals surface area contributed by atoms with Gasteiger partial charge in [0.1, 0.15) is 5.76 Å². The molecular formula is C25H22N2O3. The molecule has 5 rings (SSSR count). The van der Waals surface area contributed by atoms with Crippen LogP contribution < -0.4 is 16.7 Å². The minimum absolute atomic E-state index is 0.0691. The van der Waals surface area contributed by atoms with Crippen molar-refractivity contribution in [3.05, 3.63) is 93.0 Å². The van der Waals surface area contributed by atoms with E-state index in [2.05, 4.69) is 0 Å². The van der Waals surface area contributed by atoms with Crippen LogP contribution in [0.5, 0.6) is 0 Å². The lowest BCUT2D eigenvalue weighted by molar-refractivity contribution is 0.253. The Morgan fingerprint density at radius 3 is 2.27 bits per heavy atom. The number of rotatable bonds is 3. The van der Waals surface area contributed by atoms with E-state index in [1.165, 1.54) is 4.57 Å². The molecule has 150 valence electrons. The number of fused-ring (bicyclic) bond motifs is 1. The second-order valence-corrected chi connectivity index (χ2v) is 8.06. The molecule has 1 aliphatic carbocycles. The second kappa shape index (κ2) is 6.82. The highest BCUT2D eigenvalue weighted by Crippen LogP contribution is 2.39. The third-order valence-electron chi connectivity index (χ3n) is 6.16. The van der Waals surface area contributed by atoms with Crippen molar-refractivity contribution in [1.82, 2.24) is 4.57 Å². The Balaban J connectivity index is 1.78. The smallest absolute Gasteiger partial charge is 0.294 e. The van der Waals surface area contributed by atoms with E-state index < -0.39 is 0 Å². The number of aryl methyl sites for hydroxylation is 1. The Hall–Kier alpha value is -3.44. The molecule has 5 heteroatoms. The van der Waals surface area contributed by atoms with E-state index in [1.54, 1.807) is 19.3 Å². The molecule has 1 fully saturated rings. The number of benzene rings is 2. The first-order chi connectivity index (χ1) is 14.5. The van der Waals surface area contributed by atoms with Crippen LogP contribution in [0.3, 0.4) is 0 Å². The minimum Gasteiger partial charge on any atom is -0.449 e. The molecule has 0 amide bonds. The van der Waals surface area contributed by atoms with Gasteiger partial charge in [0, 0.05) is 24.3 Å². The molecule has 4 aromatic rings. The molecule has 5 nitrogen and oxygen atoms in total. The van der Waals surface area contributed by atoms with Gasteiger partial charge in [-0.25, -0.2) is 0 Å². The van der Waals surface area contributed by atoms with Crippen LogP contribution in [0.4, 0.5) is 0 Å². The molecule has 0 radical (unpaired) electrons. The molecule has 1 saturated carbocycles. The molecule has 0 aliphatic heterocycles. The van der Waals surface area contributed by atoms with Gasteiger partial charge in [-0.15, -0.1) is 0 Å². The summed E-state index contributed by atoms with van der Waals surface area (Å²) >= 11 is 0. The molecule has 0 unspecified atom stereocenters.